The average Bonchev–Trinajstić information content (AvgIpc) is 2.17. The molecule has 1 heterocycles. The Kier molecular flexibility index (Phi) is 1.71. The van der Waals surface area contributed by atoms with E-state index in [2.05, 4.69) is 4.85 Å². The van der Waals surface area contributed by atoms with Crippen LogP contribution in [0.5, 0.6) is 5.75 Å². The Morgan fingerprint density at radius 3 is 3.08 bits per heavy atom. The van der Waals surface area contributed by atoms with E-state index < -0.39 is 0 Å². The van der Waals surface area contributed by atoms with Gasteiger partial charge in [0.15, 0.2) is 6.61 Å². The summed E-state index contributed by atoms with van der Waals surface area (Å²) in [5.41, 5.74) is 1.16. The van der Waals surface area contributed by atoms with Crippen molar-refractivity contribution in [2.24, 2.45) is 0 Å². The Bertz CT molecular complexity index is 327. The average molecular weight is 159 g/mol. The highest BCUT2D eigenvalue weighted by Crippen LogP contribution is 2.24. The Labute approximate surface area is 71.6 Å². The second-order valence-corrected chi connectivity index (χ2v) is 2.91. The van der Waals surface area contributed by atoms with Crippen LogP contribution in [0.4, 0.5) is 0 Å². The molecule has 0 radical (unpaired) electrons. The van der Waals surface area contributed by atoms with Crippen molar-refractivity contribution >= 4 is 0 Å². The Hall–Kier alpha value is -1.49. The molecule has 2 nitrogen and oxygen atoms in total. The number of para-hydroxylation sites is 1. The summed E-state index contributed by atoms with van der Waals surface area (Å²) in [4.78, 5) is 3.47. The zero-order valence-electron chi connectivity index (χ0n) is 6.66. The van der Waals surface area contributed by atoms with E-state index in [9.17, 15) is 0 Å². The third-order valence-electron chi connectivity index (χ3n) is 2.04. The number of fused-ring (bicyclic) bond motifs is 1. The number of ether oxygens (including phenoxy) is 1. The van der Waals surface area contributed by atoms with Crippen molar-refractivity contribution in [1.29, 1.82) is 0 Å². The first-order valence-electron chi connectivity index (χ1n) is 3.97. The molecule has 12 heavy (non-hydrogen) atoms. The summed E-state index contributed by atoms with van der Waals surface area (Å²) in [6.07, 6.45) is 0.833. The van der Waals surface area contributed by atoms with Gasteiger partial charge in [0, 0.05) is 5.56 Å². The molecular weight excluding hydrogens is 150 g/mol. The predicted molar refractivity (Wildman–Crippen MR) is 46.0 cm³/mol. The topological polar surface area (TPSA) is 13.6 Å². The van der Waals surface area contributed by atoms with Gasteiger partial charge in [0.2, 0.25) is 0 Å². The van der Waals surface area contributed by atoms with Gasteiger partial charge < -0.3 is 9.58 Å². The summed E-state index contributed by atoms with van der Waals surface area (Å²) in [6, 6.07) is 7.92. The molecule has 0 saturated carbocycles. The zero-order valence-corrected chi connectivity index (χ0v) is 6.66. The van der Waals surface area contributed by atoms with E-state index in [4.69, 9.17) is 11.3 Å². The largest absolute Gasteiger partial charge is 0.485 e. The number of hydrogen-bond acceptors (Lipinski definition) is 1. The van der Waals surface area contributed by atoms with Crippen LogP contribution in [0.3, 0.4) is 0 Å². The molecule has 0 spiro atoms. The lowest BCUT2D eigenvalue weighted by molar-refractivity contribution is 0.279. The van der Waals surface area contributed by atoms with E-state index in [0.29, 0.717) is 6.61 Å². The fraction of sp³-hybridized carbons (Fsp3) is 0.300. The number of hydrogen-bond donors (Lipinski definition) is 0. The zero-order chi connectivity index (χ0) is 8.39. The van der Waals surface area contributed by atoms with Crippen molar-refractivity contribution in [2.75, 3.05) is 6.61 Å². The quantitative estimate of drug-likeness (QED) is 0.527. The lowest BCUT2D eigenvalue weighted by Gasteiger charge is -2.17. The number of rotatable bonds is 0. The molecule has 0 saturated heterocycles. The van der Waals surface area contributed by atoms with E-state index >= 15 is 0 Å². The first-order valence-corrected chi connectivity index (χ1v) is 3.97. The van der Waals surface area contributed by atoms with Gasteiger partial charge in [-0.3, -0.25) is 0 Å². The standard InChI is InChI=1S/C10H9NO/c1-11-9-6-8-4-2-3-5-10(8)12-7-9/h2-5,9H,6-7H2. The van der Waals surface area contributed by atoms with Crippen LogP contribution in [0, 0.1) is 6.57 Å². The van der Waals surface area contributed by atoms with Crippen LogP contribution in [0.15, 0.2) is 24.3 Å². The van der Waals surface area contributed by atoms with Crippen LogP contribution < -0.4 is 4.74 Å². The van der Waals surface area contributed by atoms with Crippen molar-refractivity contribution in [1.82, 2.24) is 0 Å². The van der Waals surface area contributed by atoms with Gasteiger partial charge in [0.25, 0.3) is 6.04 Å². The van der Waals surface area contributed by atoms with Crippen molar-refractivity contribution in [3.05, 3.63) is 41.2 Å². The van der Waals surface area contributed by atoms with Crippen molar-refractivity contribution in [3.63, 3.8) is 0 Å². The summed E-state index contributed by atoms with van der Waals surface area (Å²) in [7, 11) is 0. The van der Waals surface area contributed by atoms with Gasteiger partial charge in [-0.05, 0) is 6.07 Å². The summed E-state index contributed by atoms with van der Waals surface area (Å²) in [5.74, 6) is 0.942. The minimum Gasteiger partial charge on any atom is -0.485 e. The molecule has 0 amide bonds. The third-order valence-corrected chi connectivity index (χ3v) is 2.04. The first-order chi connectivity index (χ1) is 5.90. The van der Waals surface area contributed by atoms with Crippen LogP contribution in [0.25, 0.3) is 4.85 Å². The summed E-state index contributed by atoms with van der Waals surface area (Å²) in [5, 5.41) is 0. The fourth-order valence-electron chi connectivity index (χ4n) is 1.39. The Balaban J connectivity index is 2.30. The molecule has 1 aliphatic heterocycles. The van der Waals surface area contributed by atoms with E-state index in [1.54, 1.807) is 0 Å². The highest BCUT2D eigenvalue weighted by atomic mass is 16.5. The summed E-state index contributed by atoms with van der Waals surface area (Å²) < 4.78 is 5.41. The molecule has 2 heteroatoms. The van der Waals surface area contributed by atoms with Gasteiger partial charge in [-0.25, -0.2) is 6.57 Å². The monoisotopic (exact) mass is 159 g/mol. The molecule has 1 aromatic carbocycles. The predicted octanol–water partition coefficient (Wildman–Crippen LogP) is 1.91. The molecule has 0 fully saturated rings. The first kappa shape index (κ1) is 7.17. The van der Waals surface area contributed by atoms with Gasteiger partial charge in [0.1, 0.15) is 5.75 Å². The smallest absolute Gasteiger partial charge is 0.261 e. The molecule has 0 aromatic heterocycles. The van der Waals surface area contributed by atoms with Gasteiger partial charge in [-0.15, -0.1) is 0 Å². The van der Waals surface area contributed by atoms with Crippen molar-refractivity contribution in [2.45, 2.75) is 12.5 Å². The maximum absolute atomic E-state index is 6.88. The lowest BCUT2D eigenvalue weighted by atomic mass is 10.0. The van der Waals surface area contributed by atoms with Crippen molar-refractivity contribution in [3.8, 4) is 5.75 Å². The molecule has 1 atom stereocenters. The van der Waals surface area contributed by atoms with E-state index in [0.717, 1.165) is 17.7 Å². The number of nitrogens with zero attached hydrogens (tertiary/aromatic N) is 1. The molecule has 0 aliphatic carbocycles. The normalized spacial score (nSPS) is 20.4. The highest BCUT2D eigenvalue weighted by Gasteiger charge is 2.22. The Morgan fingerprint density at radius 2 is 2.25 bits per heavy atom. The minimum atomic E-state index is 0.0138. The molecule has 1 aromatic rings. The van der Waals surface area contributed by atoms with Crippen LogP contribution in [-0.2, 0) is 6.42 Å². The van der Waals surface area contributed by atoms with E-state index in [1.165, 1.54) is 0 Å². The molecule has 2 rings (SSSR count). The molecule has 1 unspecified atom stereocenters. The molecule has 60 valence electrons. The molecule has 0 N–H and O–H groups in total. The summed E-state index contributed by atoms with van der Waals surface area (Å²) in [6.45, 7) is 7.43. The van der Waals surface area contributed by atoms with Gasteiger partial charge in [-0.2, -0.15) is 0 Å². The van der Waals surface area contributed by atoms with Crippen molar-refractivity contribution < 1.29 is 4.74 Å². The number of benzene rings is 1. The molecule has 0 bridgehead atoms. The minimum absolute atomic E-state index is 0.0138. The van der Waals surface area contributed by atoms with Crippen LogP contribution in [-0.4, -0.2) is 12.6 Å². The maximum atomic E-state index is 6.88. The van der Waals surface area contributed by atoms with E-state index in [-0.39, 0.29) is 6.04 Å². The summed E-state index contributed by atoms with van der Waals surface area (Å²) >= 11 is 0. The van der Waals surface area contributed by atoms with Crippen LogP contribution >= 0.6 is 0 Å². The van der Waals surface area contributed by atoms with Gasteiger partial charge in [0.05, 0.1) is 6.42 Å². The Morgan fingerprint density at radius 1 is 1.42 bits per heavy atom. The second-order valence-electron chi connectivity index (χ2n) is 2.91. The fourth-order valence-corrected chi connectivity index (χ4v) is 1.39. The van der Waals surface area contributed by atoms with E-state index in [1.807, 2.05) is 24.3 Å². The van der Waals surface area contributed by atoms with Crippen LogP contribution in [0.1, 0.15) is 5.56 Å². The third kappa shape index (κ3) is 1.14. The highest BCUT2D eigenvalue weighted by molar-refractivity contribution is 5.36. The lowest BCUT2D eigenvalue weighted by Crippen LogP contribution is -2.22. The van der Waals surface area contributed by atoms with Gasteiger partial charge >= 0.3 is 0 Å². The second kappa shape index (κ2) is 2.86. The molecular formula is C10H9NO. The van der Waals surface area contributed by atoms with Crippen LogP contribution in [0.2, 0.25) is 0 Å². The SMILES string of the molecule is [C-]#[N+]C1COc2ccccc2C1. The van der Waals surface area contributed by atoms with Gasteiger partial charge in [-0.1, -0.05) is 18.2 Å². The maximum Gasteiger partial charge on any atom is 0.261 e. The molecule has 1 aliphatic rings.